The molecule has 0 spiro atoms. The lowest BCUT2D eigenvalue weighted by atomic mass is 9.97. The Bertz CT molecular complexity index is 1940. The van der Waals surface area contributed by atoms with Crippen LogP contribution in [-0.4, -0.2) is 0 Å². The van der Waals surface area contributed by atoms with Crippen LogP contribution in [0.1, 0.15) is 33.4 Å². The van der Waals surface area contributed by atoms with Gasteiger partial charge in [0.2, 0.25) is 0 Å². The van der Waals surface area contributed by atoms with Crippen LogP contribution in [0.4, 0.5) is 0 Å². The third-order valence-corrected chi connectivity index (χ3v) is 8.94. The zero-order chi connectivity index (χ0) is 27.3. The van der Waals surface area contributed by atoms with E-state index in [4.69, 9.17) is 0 Å². The van der Waals surface area contributed by atoms with Gasteiger partial charge in [-0.25, -0.2) is 0 Å². The average Bonchev–Trinajstić information content (AvgIpc) is 3.51. The molecule has 8 rings (SSSR count). The second-order valence-electron chi connectivity index (χ2n) is 10.7. The molecule has 0 N–H and O–H groups in total. The van der Waals surface area contributed by atoms with Crippen molar-refractivity contribution in [2.24, 2.45) is 0 Å². The third kappa shape index (κ3) is 4.05. The highest BCUT2D eigenvalue weighted by molar-refractivity contribution is 9.10. The van der Waals surface area contributed by atoms with Crippen molar-refractivity contribution in [3.05, 3.63) is 177 Å². The van der Waals surface area contributed by atoms with Crippen molar-refractivity contribution in [2.75, 3.05) is 0 Å². The Kier molecular flexibility index (Phi) is 5.72. The predicted octanol–water partition coefficient (Wildman–Crippen LogP) is 11.3. The minimum Gasteiger partial charge on any atom is -0.0616 e. The molecule has 2 aliphatic rings. The molecule has 2 aliphatic carbocycles. The van der Waals surface area contributed by atoms with Gasteiger partial charge in [-0.2, -0.15) is 0 Å². The summed E-state index contributed by atoms with van der Waals surface area (Å²) < 4.78 is 1.09. The first-order valence-corrected chi connectivity index (χ1v) is 14.8. The van der Waals surface area contributed by atoms with Crippen LogP contribution in [0.2, 0.25) is 0 Å². The minimum atomic E-state index is 1.09. The van der Waals surface area contributed by atoms with E-state index >= 15 is 0 Å². The second-order valence-corrected chi connectivity index (χ2v) is 11.5. The maximum Gasteiger partial charge on any atom is 0.0259 e. The number of halogens is 1. The summed E-state index contributed by atoms with van der Waals surface area (Å²) in [5.41, 5.74) is 17.8. The van der Waals surface area contributed by atoms with Gasteiger partial charge in [-0.05, 0) is 96.1 Å². The molecule has 192 valence electrons. The van der Waals surface area contributed by atoms with Crippen LogP contribution in [0.15, 0.2) is 144 Å². The molecule has 0 nitrogen and oxygen atoms in total. The zero-order valence-electron chi connectivity index (χ0n) is 22.3. The van der Waals surface area contributed by atoms with Gasteiger partial charge in [0.1, 0.15) is 0 Å². The average molecular weight is 586 g/mol. The summed E-state index contributed by atoms with van der Waals surface area (Å²) in [6, 6.07) is 50.4. The molecule has 41 heavy (non-hydrogen) atoms. The number of rotatable bonds is 3. The van der Waals surface area contributed by atoms with Gasteiger partial charge in [0.15, 0.2) is 0 Å². The van der Waals surface area contributed by atoms with Crippen LogP contribution in [0, 0.1) is 0 Å². The van der Waals surface area contributed by atoms with Crippen molar-refractivity contribution in [3.63, 3.8) is 0 Å². The van der Waals surface area contributed by atoms with E-state index in [2.05, 4.69) is 168 Å². The van der Waals surface area contributed by atoms with E-state index in [1.807, 2.05) is 0 Å². The number of benzene rings is 6. The molecule has 0 radical (unpaired) electrons. The molecular formula is C40H25Br. The van der Waals surface area contributed by atoms with Gasteiger partial charge >= 0.3 is 0 Å². The molecular weight excluding hydrogens is 560 g/mol. The number of fused-ring (bicyclic) bond motifs is 6. The zero-order valence-corrected chi connectivity index (χ0v) is 23.9. The first-order valence-electron chi connectivity index (χ1n) is 14.0. The Morgan fingerprint density at radius 1 is 0.341 bits per heavy atom. The highest BCUT2D eigenvalue weighted by Crippen LogP contribution is 2.46. The van der Waals surface area contributed by atoms with Crippen molar-refractivity contribution in [1.82, 2.24) is 0 Å². The molecule has 0 fully saturated rings. The van der Waals surface area contributed by atoms with Crippen molar-refractivity contribution < 1.29 is 0 Å². The lowest BCUT2D eigenvalue weighted by Crippen LogP contribution is -1.86. The topological polar surface area (TPSA) is 0 Å². The largest absolute Gasteiger partial charge is 0.0616 e. The van der Waals surface area contributed by atoms with E-state index in [-0.39, 0.29) is 0 Å². The predicted molar refractivity (Wildman–Crippen MR) is 177 cm³/mol. The van der Waals surface area contributed by atoms with Crippen molar-refractivity contribution in [3.8, 4) is 33.4 Å². The lowest BCUT2D eigenvalue weighted by Gasteiger charge is -2.09. The Balaban J connectivity index is 1.12. The molecule has 0 atom stereocenters. The quantitative estimate of drug-likeness (QED) is 0.194. The molecule has 0 heterocycles. The fourth-order valence-corrected chi connectivity index (χ4v) is 6.99. The van der Waals surface area contributed by atoms with Gasteiger partial charge in [0.05, 0.1) is 0 Å². The first kappa shape index (κ1) is 24.1. The molecule has 0 unspecified atom stereocenters. The molecule has 0 bridgehead atoms. The molecule has 6 aromatic rings. The summed E-state index contributed by atoms with van der Waals surface area (Å²) in [7, 11) is 0. The second kappa shape index (κ2) is 9.73. The molecule has 0 aromatic heterocycles. The van der Waals surface area contributed by atoms with Crippen LogP contribution in [0.3, 0.4) is 0 Å². The van der Waals surface area contributed by atoms with Gasteiger partial charge in [-0.15, -0.1) is 0 Å². The maximum absolute atomic E-state index is 3.88. The summed E-state index contributed by atoms with van der Waals surface area (Å²) in [6.07, 6.45) is 4.63. The Hall–Kier alpha value is -4.72. The first-order chi connectivity index (χ1) is 20.2. The Labute approximate surface area is 249 Å². The van der Waals surface area contributed by atoms with Crippen LogP contribution in [0.5, 0.6) is 0 Å². The Morgan fingerprint density at radius 3 is 1.12 bits per heavy atom. The van der Waals surface area contributed by atoms with Crippen LogP contribution in [0.25, 0.3) is 56.7 Å². The molecule has 0 amide bonds. The molecule has 6 aromatic carbocycles. The van der Waals surface area contributed by atoms with Gasteiger partial charge in [0, 0.05) is 4.47 Å². The normalized spacial score (nSPS) is 12.4. The SMILES string of the molecule is Brc1cc(C=C2c3ccccc3-c3ccccc32)ccc1-c1ccc(C=C2c3ccccc3-c3ccccc32)cc1. The lowest BCUT2D eigenvalue weighted by molar-refractivity contribution is 1.55. The number of hydrogen-bond donors (Lipinski definition) is 0. The van der Waals surface area contributed by atoms with E-state index in [0.717, 1.165) is 4.47 Å². The Morgan fingerprint density at radius 2 is 0.707 bits per heavy atom. The standard InChI is InChI=1S/C40H25Br/c41-40-25-27(24-39-36-15-7-3-11-32(36)33-12-4-8-16-37(33)39)19-22-29(40)28-20-17-26(18-21-28)23-38-34-13-5-1-9-30(34)31-10-2-6-14-35(31)38/h1-25H. The van der Waals surface area contributed by atoms with Crippen molar-refractivity contribution in [2.45, 2.75) is 0 Å². The molecule has 1 heteroatoms. The van der Waals surface area contributed by atoms with Gasteiger partial charge in [0.25, 0.3) is 0 Å². The molecule has 0 saturated heterocycles. The molecule has 0 saturated carbocycles. The maximum atomic E-state index is 3.88. The van der Waals surface area contributed by atoms with Gasteiger partial charge in [-0.3, -0.25) is 0 Å². The van der Waals surface area contributed by atoms with E-state index in [0.29, 0.717) is 0 Å². The molecule has 0 aliphatic heterocycles. The summed E-state index contributed by atoms with van der Waals surface area (Å²) in [5, 5.41) is 0. The van der Waals surface area contributed by atoms with Crippen LogP contribution < -0.4 is 0 Å². The highest BCUT2D eigenvalue weighted by atomic mass is 79.9. The minimum absolute atomic E-state index is 1.09. The fourth-order valence-electron chi connectivity index (χ4n) is 6.36. The fraction of sp³-hybridized carbons (Fsp3) is 0. The summed E-state index contributed by atoms with van der Waals surface area (Å²) in [4.78, 5) is 0. The van der Waals surface area contributed by atoms with E-state index in [1.54, 1.807) is 0 Å². The number of hydrogen-bond acceptors (Lipinski definition) is 0. The van der Waals surface area contributed by atoms with E-state index < -0.39 is 0 Å². The third-order valence-electron chi connectivity index (χ3n) is 8.29. The smallest absolute Gasteiger partial charge is 0.0259 e. The van der Waals surface area contributed by atoms with E-state index in [9.17, 15) is 0 Å². The summed E-state index contributed by atoms with van der Waals surface area (Å²) in [5.74, 6) is 0. The summed E-state index contributed by atoms with van der Waals surface area (Å²) in [6.45, 7) is 0. The van der Waals surface area contributed by atoms with Crippen molar-refractivity contribution >= 4 is 39.2 Å². The van der Waals surface area contributed by atoms with E-state index in [1.165, 1.54) is 77.9 Å². The highest BCUT2D eigenvalue weighted by Gasteiger charge is 2.23. The van der Waals surface area contributed by atoms with Crippen LogP contribution >= 0.6 is 15.9 Å². The monoisotopic (exact) mass is 584 g/mol. The summed E-state index contributed by atoms with van der Waals surface area (Å²) >= 11 is 3.88. The van der Waals surface area contributed by atoms with Gasteiger partial charge < -0.3 is 0 Å². The van der Waals surface area contributed by atoms with Crippen LogP contribution in [-0.2, 0) is 0 Å². The van der Waals surface area contributed by atoms with Crippen molar-refractivity contribution in [1.29, 1.82) is 0 Å². The van der Waals surface area contributed by atoms with Gasteiger partial charge in [-0.1, -0.05) is 149 Å².